The lowest BCUT2D eigenvalue weighted by Crippen LogP contribution is -2.57. The van der Waals surface area contributed by atoms with Gasteiger partial charge in [-0.05, 0) is 62.1 Å². The molecule has 5 atom stereocenters. The van der Waals surface area contributed by atoms with Gasteiger partial charge < -0.3 is 35.6 Å². The molecule has 6 rings (SSSR count). The van der Waals surface area contributed by atoms with Gasteiger partial charge in [-0.3, -0.25) is 9.59 Å². The highest BCUT2D eigenvalue weighted by molar-refractivity contribution is 5.96. The minimum Gasteiger partial charge on any atom is -0.479 e. The van der Waals surface area contributed by atoms with Crippen molar-refractivity contribution in [2.45, 2.75) is 120 Å². The van der Waals surface area contributed by atoms with Gasteiger partial charge in [-0.1, -0.05) is 50.0 Å². The van der Waals surface area contributed by atoms with Crippen LogP contribution in [0.25, 0.3) is 0 Å². The molecule has 0 radical (unpaired) electrons. The van der Waals surface area contributed by atoms with E-state index in [0.717, 1.165) is 44.6 Å². The largest absolute Gasteiger partial charge is 0.479 e. The Balaban J connectivity index is 1.21. The lowest BCUT2D eigenvalue weighted by molar-refractivity contribution is -0.145. The monoisotopic (exact) mass is 703 g/mol. The van der Waals surface area contributed by atoms with E-state index in [0.29, 0.717) is 24.8 Å². The number of nitrogens with zero attached hydrogens (tertiary/aromatic N) is 2. The van der Waals surface area contributed by atoms with E-state index < -0.39 is 71.3 Å². The molecule has 3 aliphatic heterocycles. The Morgan fingerprint density at radius 2 is 1.78 bits per heavy atom. The topological polar surface area (TPSA) is 157 Å². The summed E-state index contributed by atoms with van der Waals surface area (Å²) in [5.74, 6) is -2.90. The zero-order chi connectivity index (χ0) is 35.6. The SMILES string of the molecule is O=C(NC1CCCC1)N[C@H]1CCCCC/C=C/[C@@H]2C[C@@]2(C(=O)O)NC(=O)[C@@H]2C[C@@H](OC(=O)N3CCc4cccc(C(F)(F)F)c4C3)CN2C1=O. The number of rotatable bonds is 4. The van der Waals surface area contributed by atoms with Crippen LogP contribution in [0.15, 0.2) is 30.4 Å². The van der Waals surface area contributed by atoms with Crippen LogP contribution >= 0.6 is 0 Å². The molecule has 50 heavy (non-hydrogen) atoms. The summed E-state index contributed by atoms with van der Waals surface area (Å²) in [4.78, 5) is 69.2. The quantitative estimate of drug-likeness (QED) is 0.342. The van der Waals surface area contributed by atoms with Gasteiger partial charge in [0.05, 0.1) is 12.1 Å². The molecule has 1 aromatic rings. The number of halogens is 3. The van der Waals surface area contributed by atoms with Crippen molar-refractivity contribution in [2.75, 3.05) is 13.1 Å². The first-order chi connectivity index (χ1) is 23.9. The number of allylic oxidation sites excluding steroid dienone is 1. The molecule has 1 aromatic carbocycles. The average Bonchev–Trinajstić information content (AvgIpc) is 3.35. The van der Waals surface area contributed by atoms with E-state index in [1.165, 1.54) is 15.9 Å². The number of nitrogens with one attached hydrogen (secondary N) is 3. The van der Waals surface area contributed by atoms with Gasteiger partial charge in [0.25, 0.3) is 0 Å². The van der Waals surface area contributed by atoms with Gasteiger partial charge in [0, 0.05) is 31.5 Å². The molecular weight excluding hydrogens is 659 g/mol. The molecule has 2 saturated carbocycles. The number of hydrogen-bond acceptors (Lipinski definition) is 6. The number of carbonyl (C=O) groups excluding carboxylic acids is 4. The van der Waals surface area contributed by atoms with Crippen molar-refractivity contribution in [3.05, 3.63) is 47.0 Å². The highest BCUT2D eigenvalue weighted by Gasteiger charge is 2.61. The van der Waals surface area contributed by atoms with Crippen LogP contribution < -0.4 is 16.0 Å². The van der Waals surface area contributed by atoms with Gasteiger partial charge in [-0.2, -0.15) is 13.2 Å². The van der Waals surface area contributed by atoms with Crippen LogP contribution in [-0.4, -0.2) is 87.7 Å². The van der Waals surface area contributed by atoms with E-state index in [2.05, 4.69) is 16.0 Å². The number of amides is 5. The Morgan fingerprint density at radius 1 is 1.02 bits per heavy atom. The average molecular weight is 704 g/mol. The molecule has 0 spiro atoms. The Labute approximate surface area is 288 Å². The third kappa shape index (κ3) is 7.70. The zero-order valence-electron chi connectivity index (χ0n) is 27.8. The molecule has 4 N–H and O–H groups in total. The molecule has 3 heterocycles. The van der Waals surface area contributed by atoms with Gasteiger partial charge in [0.2, 0.25) is 11.8 Å². The molecule has 12 nitrogen and oxygen atoms in total. The van der Waals surface area contributed by atoms with E-state index in [4.69, 9.17) is 4.74 Å². The predicted octanol–water partition coefficient (Wildman–Crippen LogP) is 4.26. The van der Waals surface area contributed by atoms with Gasteiger partial charge >= 0.3 is 24.3 Å². The fourth-order valence-corrected chi connectivity index (χ4v) is 7.82. The third-order valence-electron chi connectivity index (χ3n) is 10.7. The molecule has 0 unspecified atom stereocenters. The number of urea groups is 1. The Hall–Kier alpha value is -4.30. The van der Waals surface area contributed by atoms with Crippen molar-refractivity contribution in [3.8, 4) is 0 Å². The maximum absolute atomic E-state index is 14.2. The molecule has 3 fully saturated rings. The highest BCUT2D eigenvalue weighted by atomic mass is 19.4. The van der Waals surface area contributed by atoms with E-state index in [1.807, 2.05) is 6.08 Å². The maximum atomic E-state index is 14.2. The first-order valence-corrected chi connectivity index (χ1v) is 17.6. The number of alkyl halides is 3. The fraction of sp³-hybridized carbons (Fsp3) is 0.629. The Kier molecular flexibility index (Phi) is 10.3. The molecule has 2 aliphatic carbocycles. The summed E-state index contributed by atoms with van der Waals surface area (Å²) >= 11 is 0. The van der Waals surface area contributed by atoms with Crippen molar-refractivity contribution in [2.24, 2.45) is 5.92 Å². The van der Waals surface area contributed by atoms with Gasteiger partial charge in [0.1, 0.15) is 23.7 Å². The minimum absolute atomic E-state index is 0.000845. The number of fused-ring (bicyclic) bond motifs is 3. The second kappa shape index (κ2) is 14.5. The molecule has 0 bridgehead atoms. The molecule has 272 valence electrons. The van der Waals surface area contributed by atoms with E-state index in [1.54, 1.807) is 12.1 Å². The maximum Gasteiger partial charge on any atom is 0.416 e. The van der Waals surface area contributed by atoms with Crippen LogP contribution in [0.4, 0.5) is 22.8 Å². The van der Waals surface area contributed by atoms with Crippen LogP contribution in [0.2, 0.25) is 0 Å². The second-order valence-electron chi connectivity index (χ2n) is 14.2. The number of aliphatic carboxylic acids is 1. The Bertz CT molecular complexity index is 1530. The van der Waals surface area contributed by atoms with Crippen LogP contribution in [0.1, 0.15) is 87.3 Å². The summed E-state index contributed by atoms with van der Waals surface area (Å²) in [6.07, 6.45) is 4.27. The molecule has 5 aliphatic rings. The fourth-order valence-electron chi connectivity index (χ4n) is 7.82. The van der Waals surface area contributed by atoms with E-state index in [9.17, 15) is 42.3 Å². The predicted molar refractivity (Wildman–Crippen MR) is 172 cm³/mol. The summed E-state index contributed by atoms with van der Waals surface area (Å²) in [7, 11) is 0. The van der Waals surface area contributed by atoms with Crippen LogP contribution in [0.5, 0.6) is 0 Å². The number of carboxylic acid groups (broad SMARTS) is 1. The van der Waals surface area contributed by atoms with Crippen LogP contribution in [-0.2, 0) is 38.3 Å². The normalized spacial score (nSPS) is 29.7. The van der Waals surface area contributed by atoms with Crippen molar-refractivity contribution >= 4 is 29.9 Å². The second-order valence-corrected chi connectivity index (χ2v) is 14.2. The number of carboxylic acids is 1. The number of ether oxygens (including phenoxy) is 1. The van der Waals surface area contributed by atoms with Gasteiger partial charge in [-0.25, -0.2) is 14.4 Å². The minimum atomic E-state index is -4.61. The van der Waals surface area contributed by atoms with Crippen molar-refractivity contribution in [1.82, 2.24) is 25.8 Å². The molecule has 5 amide bonds. The molecular formula is C35H44F3N5O7. The van der Waals surface area contributed by atoms with Crippen LogP contribution in [0, 0.1) is 5.92 Å². The van der Waals surface area contributed by atoms with Gasteiger partial charge in [-0.15, -0.1) is 0 Å². The summed E-state index contributed by atoms with van der Waals surface area (Å²) in [5.41, 5.74) is -1.87. The number of hydrogen-bond donors (Lipinski definition) is 4. The van der Waals surface area contributed by atoms with E-state index >= 15 is 0 Å². The van der Waals surface area contributed by atoms with Crippen molar-refractivity contribution in [1.29, 1.82) is 0 Å². The summed E-state index contributed by atoms with van der Waals surface area (Å²) in [5, 5.41) is 18.5. The lowest BCUT2D eigenvalue weighted by Gasteiger charge is -2.31. The lowest BCUT2D eigenvalue weighted by atomic mass is 9.95. The van der Waals surface area contributed by atoms with Crippen LogP contribution in [0.3, 0.4) is 0 Å². The molecule has 15 heteroatoms. The number of benzene rings is 1. The smallest absolute Gasteiger partial charge is 0.416 e. The third-order valence-corrected chi connectivity index (χ3v) is 10.7. The summed E-state index contributed by atoms with van der Waals surface area (Å²) in [6.45, 7) is -0.418. The Morgan fingerprint density at radius 3 is 2.52 bits per heavy atom. The molecule has 0 aromatic heterocycles. The standard InChI is InChI=1S/C35H44F3N5O7/c36-35(37,38)26-13-8-9-21-15-16-42(20-25(21)26)33(49)50-24-17-28-29(44)41-34(31(46)47)18-22(34)10-4-2-1-3-5-14-27(30(45)43(28)19-24)40-32(48)39-23-11-6-7-12-23/h4,8-10,13,22-24,27-28H,1-3,5-7,11-12,14-20H2,(H,41,44)(H,46,47)(H2,39,40,48)/b10-4+/t22-,24-,27+,28+,34-/m1/s1. The van der Waals surface area contributed by atoms with Crippen molar-refractivity contribution in [3.63, 3.8) is 0 Å². The number of carbonyl (C=O) groups is 5. The highest BCUT2D eigenvalue weighted by Crippen LogP contribution is 2.45. The molecule has 1 saturated heterocycles. The van der Waals surface area contributed by atoms with Gasteiger partial charge in [0.15, 0.2) is 0 Å². The zero-order valence-corrected chi connectivity index (χ0v) is 27.8. The first-order valence-electron chi connectivity index (χ1n) is 17.6. The first kappa shape index (κ1) is 35.5. The van der Waals surface area contributed by atoms with E-state index in [-0.39, 0.29) is 50.5 Å². The van der Waals surface area contributed by atoms with Crippen molar-refractivity contribution < 1.29 is 47.0 Å². The summed E-state index contributed by atoms with van der Waals surface area (Å²) < 4.78 is 47.0. The summed E-state index contributed by atoms with van der Waals surface area (Å²) in [6, 6.07) is 1.21.